The molecule has 1 aromatic rings. The molecule has 1 aliphatic rings. The van der Waals surface area contributed by atoms with Gasteiger partial charge < -0.3 is 9.80 Å². The van der Waals surface area contributed by atoms with Gasteiger partial charge in [0.25, 0.3) is 0 Å². The molecule has 0 aromatic heterocycles. The third kappa shape index (κ3) is 5.37. The van der Waals surface area contributed by atoms with Gasteiger partial charge in [-0.1, -0.05) is 31.5 Å². The summed E-state index contributed by atoms with van der Waals surface area (Å²) in [6.07, 6.45) is -3.50. The van der Waals surface area contributed by atoms with Crippen LogP contribution in [-0.4, -0.2) is 42.5 Å². The average molecular weight is 391 g/mol. The van der Waals surface area contributed by atoms with E-state index in [9.17, 15) is 22.8 Å². The lowest BCUT2D eigenvalue weighted by Gasteiger charge is -2.36. The first-order valence-electron chi connectivity index (χ1n) is 8.51. The van der Waals surface area contributed by atoms with E-state index in [4.69, 9.17) is 11.6 Å². The molecule has 4 nitrogen and oxygen atoms in total. The van der Waals surface area contributed by atoms with Gasteiger partial charge in [0.1, 0.15) is 6.54 Å². The molecule has 1 aromatic carbocycles. The number of carbonyl (C=O) groups excluding carboxylic acids is 2. The topological polar surface area (TPSA) is 40.6 Å². The van der Waals surface area contributed by atoms with Crippen molar-refractivity contribution >= 4 is 29.1 Å². The number of likely N-dealkylation sites (tertiary alicyclic amines) is 1. The number of anilines is 1. The Morgan fingerprint density at radius 2 is 2.04 bits per heavy atom. The summed E-state index contributed by atoms with van der Waals surface area (Å²) < 4.78 is 39.1. The van der Waals surface area contributed by atoms with Crippen LogP contribution in [0.3, 0.4) is 0 Å². The van der Waals surface area contributed by atoms with Crippen LogP contribution in [0.15, 0.2) is 24.3 Å². The van der Waals surface area contributed by atoms with Gasteiger partial charge in [0, 0.05) is 29.7 Å². The molecule has 0 N–H and O–H groups in total. The second kappa shape index (κ2) is 8.29. The third-order valence-electron chi connectivity index (χ3n) is 4.30. The summed E-state index contributed by atoms with van der Waals surface area (Å²) in [6, 6.07) is 5.80. The zero-order valence-corrected chi connectivity index (χ0v) is 15.5. The maximum atomic E-state index is 13.0. The van der Waals surface area contributed by atoms with Crippen molar-refractivity contribution in [3.63, 3.8) is 0 Å². The number of amides is 2. The maximum absolute atomic E-state index is 13.0. The highest BCUT2D eigenvalue weighted by Gasteiger charge is 2.38. The molecule has 26 heavy (non-hydrogen) atoms. The number of piperidine rings is 1. The lowest BCUT2D eigenvalue weighted by molar-refractivity contribution is -0.140. The van der Waals surface area contributed by atoms with E-state index in [-0.39, 0.29) is 29.1 Å². The number of nitrogens with zero attached hydrogens (tertiary/aromatic N) is 2. The largest absolute Gasteiger partial charge is 0.406 e. The molecule has 0 bridgehead atoms. The van der Waals surface area contributed by atoms with Crippen molar-refractivity contribution in [2.75, 3.05) is 24.5 Å². The second-order valence-electron chi connectivity index (χ2n) is 6.80. The van der Waals surface area contributed by atoms with E-state index in [2.05, 4.69) is 0 Å². The molecule has 2 rings (SSSR count). The normalized spacial score (nSPS) is 18.1. The highest BCUT2D eigenvalue weighted by molar-refractivity contribution is 6.30. The van der Waals surface area contributed by atoms with Crippen molar-refractivity contribution in [1.82, 2.24) is 4.90 Å². The number of hydrogen-bond donors (Lipinski definition) is 0. The van der Waals surface area contributed by atoms with E-state index < -0.39 is 24.5 Å². The Labute approximate surface area is 155 Å². The molecule has 1 atom stereocenters. The van der Waals surface area contributed by atoms with Gasteiger partial charge in [0.05, 0.1) is 5.92 Å². The van der Waals surface area contributed by atoms with Crippen molar-refractivity contribution in [3.8, 4) is 0 Å². The van der Waals surface area contributed by atoms with Gasteiger partial charge in [-0.3, -0.25) is 9.59 Å². The highest BCUT2D eigenvalue weighted by Crippen LogP contribution is 2.28. The molecule has 144 valence electrons. The first-order valence-corrected chi connectivity index (χ1v) is 8.89. The van der Waals surface area contributed by atoms with E-state index in [0.717, 1.165) is 4.90 Å². The van der Waals surface area contributed by atoms with Crippen LogP contribution in [0, 0.1) is 11.8 Å². The van der Waals surface area contributed by atoms with Crippen molar-refractivity contribution in [2.24, 2.45) is 11.8 Å². The molecule has 0 spiro atoms. The van der Waals surface area contributed by atoms with Gasteiger partial charge in [0.15, 0.2) is 0 Å². The minimum atomic E-state index is -4.54. The molecule has 0 radical (unpaired) electrons. The van der Waals surface area contributed by atoms with Crippen molar-refractivity contribution < 1.29 is 22.8 Å². The van der Waals surface area contributed by atoms with E-state index in [0.29, 0.717) is 19.4 Å². The second-order valence-corrected chi connectivity index (χ2v) is 7.23. The van der Waals surface area contributed by atoms with E-state index in [1.165, 1.54) is 24.3 Å². The van der Waals surface area contributed by atoms with Gasteiger partial charge in [-0.25, -0.2) is 0 Å². The van der Waals surface area contributed by atoms with Crippen LogP contribution < -0.4 is 4.90 Å². The van der Waals surface area contributed by atoms with Crippen LogP contribution in [0.4, 0.5) is 18.9 Å². The summed E-state index contributed by atoms with van der Waals surface area (Å²) in [6.45, 7) is 2.80. The molecule has 8 heteroatoms. The zero-order valence-electron chi connectivity index (χ0n) is 14.7. The Kier molecular flexibility index (Phi) is 6.55. The summed E-state index contributed by atoms with van der Waals surface area (Å²) in [5.41, 5.74) is 0.104. The molecule has 1 fully saturated rings. The predicted octanol–water partition coefficient (Wildman–Crippen LogP) is 4.13. The molecular formula is C18H22ClF3N2O2. The molecule has 1 saturated heterocycles. The minimum absolute atomic E-state index is 0.0902. The first-order chi connectivity index (χ1) is 12.1. The smallest absolute Gasteiger partial charge is 0.342 e. The molecule has 0 aliphatic carbocycles. The monoisotopic (exact) mass is 390 g/mol. The van der Waals surface area contributed by atoms with Gasteiger partial charge in [-0.15, -0.1) is 0 Å². The highest BCUT2D eigenvalue weighted by atomic mass is 35.5. The molecule has 0 saturated carbocycles. The van der Waals surface area contributed by atoms with E-state index in [1.807, 2.05) is 0 Å². The van der Waals surface area contributed by atoms with Crippen LogP contribution in [0.25, 0.3) is 0 Å². The standard InChI is InChI=1S/C18H22ClF3N2O2/c1-12(2)16(25)23-8-4-5-13(10-23)17(26)24(11-18(20,21)22)15-7-3-6-14(19)9-15/h3,6-7,9,12-13H,4-5,8,10-11H2,1-2H3/t13-/m1/s1. The fourth-order valence-electron chi connectivity index (χ4n) is 3.08. The van der Waals surface area contributed by atoms with Gasteiger partial charge in [-0.05, 0) is 31.0 Å². The Morgan fingerprint density at radius 3 is 2.62 bits per heavy atom. The summed E-state index contributed by atoms with van der Waals surface area (Å²) in [5, 5.41) is 0.253. The van der Waals surface area contributed by atoms with Crippen LogP contribution >= 0.6 is 11.6 Å². The number of rotatable bonds is 4. The third-order valence-corrected chi connectivity index (χ3v) is 4.53. The van der Waals surface area contributed by atoms with Crippen LogP contribution in [-0.2, 0) is 9.59 Å². The van der Waals surface area contributed by atoms with Crippen LogP contribution in [0.5, 0.6) is 0 Å². The predicted molar refractivity (Wildman–Crippen MR) is 94.0 cm³/mol. The number of alkyl halides is 3. The van der Waals surface area contributed by atoms with Gasteiger partial charge >= 0.3 is 6.18 Å². The Morgan fingerprint density at radius 1 is 1.35 bits per heavy atom. The van der Waals surface area contributed by atoms with Crippen molar-refractivity contribution in [2.45, 2.75) is 32.9 Å². The lowest BCUT2D eigenvalue weighted by Crippen LogP contribution is -2.49. The number of hydrogen-bond acceptors (Lipinski definition) is 2. The quantitative estimate of drug-likeness (QED) is 0.775. The Balaban J connectivity index is 2.24. The molecular weight excluding hydrogens is 369 g/mol. The number of carbonyl (C=O) groups is 2. The van der Waals surface area contributed by atoms with Crippen LogP contribution in [0.2, 0.25) is 5.02 Å². The summed E-state index contributed by atoms with van der Waals surface area (Å²) >= 11 is 5.88. The number of benzene rings is 1. The van der Waals surface area contributed by atoms with Gasteiger partial charge in [0.2, 0.25) is 11.8 Å². The number of halogens is 4. The fraction of sp³-hybridized carbons (Fsp3) is 0.556. The SMILES string of the molecule is CC(C)C(=O)N1CCC[C@@H](C(=O)N(CC(F)(F)F)c2cccc(Cl)c2)C1. The average Bonchev–Trinajstić information content (AvgIpc) is 2.57. The molecule has 1 aliphatic heterocycles. The molecule has 0 unspecified atom stereocenters. The Bertz CT molecular complexity index is 664. The summed E-state index contributed by atoms with van der Waals surface area (Å²) in [5.74, 6) is -1.60. The molecule has 2 amide bonds. The Hall–Kier alpha value is -1.76. The summed E-state index contributed by atoms with van der Waals surface area (Å²) in [4.78, 5) is 27.3. The fourth-order valence-corrected chi connectivity index (χ4v) is 3.27. The lowest BCUT2D eigenvalue weighted by atomic mass is 9.95. The minimum Gasteiger partial charge on any atom is -0.342 e. The molecule has 1 heterocycles. The first kappa shape index (κ1) is 20.6. The van der Waals surface area contributed by atoms with Crippen LogP contribution in [0.1, 0.15) is 26.7 Å². The summed E-state index contributed by atoms with van der Waals surface area (Å²) in [7, 11) is 0. The van der Waals surface area contributed by atoms with Crippen molar-refractivity contribution in [3.05, 3.63) is 29.3 Å². The van der Waals surface area contributed by atoms with E-state index >= 15 is 0 Å². The zero-order chi connectivity index (χ0) is 19.5. The van der Waals surface area contributed by atoms with E-state index in [1.54, 1.807) is 18.7 Å². The van der Waals surface area contributed by atoms with Crippen molar-refractivity contribution in [1.29, 1.82) is 0 Å². The maximum Gasteiger partial charge on any atom is 0.406 e. The van der Waals surface area contributed by atoms with Gasteiger partial charge in [-0.2, -0.15) is 13.2 Å².